The van der Waals surface area contributed by atoms with E-state index in [1.807, 2.05) is 6.07 Å². The summed E-state index contributed by atoms with van der Waals surface area (Å²) in [6, 6.07) is 10.0. The van der Waals surface area contributed by atoms with E-state index < -0.39 is 17.6 Å². The fourth-order valence-corrected chi connectivity index (χ4v) is 3.44. The average Bonchev–Trinajstić information content (AvgIpc) is 3.41. The molecule has 1 amide bonds. The molecule has 3 heterocycles. The van der Waals surface area contributed by atoms with Gasteiger partial charge in [0.15, 0.2) is 16.6 Å². The molecular weight excluding hydrogens is 431 g/mol. The Morgan fingerprint density at radius 2 is 2.00 bits per heavy atom. The maximum Gasteiger partial charge on any atom is 0.416 e. The molecule has 1 N–H and O–H groups in total. The van der Waals surface area contributed by atoms with E-state index in [0.29, 0.717) is 16.5 Å². The largest absolute Gasteiger partial charge is 0.493 e. The standard InChI is InChI=1S/C20H14F3N5O2S/c1-30-16-10-28(13-6-4-5-12(9-13)20(21,22)23)27-17(16)18(29)26-19-25-15(11-31-19)14-7-2-3-8-24-14/h2-11H,1H3,(H,25,26,29). The molecule has 4 rings (SSSR count). The maximum atomic E-state index is 13.0. The lowest BCUT2D eigenvalue weighted by atomic mass is 10.2. The Bertz CT molecular complexity index is 1220. The second-order valence-corrected chi connectivity index (χ2v) is 7.10. The van der Waals surface area contributed by atoms with Gasteiger partial charge in [0.05, 0.1) is 30.3 Å². The molecule has 0 saturated carbocycles. The molecule has 0 aliphatic carbocycles. The summed E-state index contributed by atoms with van der Waals surface area (Å²) in [5.41, 5.74) is 0.483. The van der Waals surface area contributed by atoms with Crippen molar-refractivity contribution in [2.45, 2.75) is 6.18 Å². The predicted octanol–water partition coefficient (Wildman–Crippen LogP) is 4.67. The second kappa shape index (κ2) is 8.19. The summed E-state index contributed by atoms with van der Waals surface area (Å²) in [6.45, 7) is 0. The third-order valence-corrected chi connectivity index (χ3v) is 4.96. The number of alkyl halides is 3. The average molecular weight is 445 g/mol. The van der Waals surface area contributed by atoms with Gasteiger partial charge in [0, 0.05) is 11.6 Å². The number of methoxy groups -OCH3 is 1. The van der Waals surface area contributed by atoms with Gasteiger partial charge >= 0.3 is 6.18 Å². The number of carbonyl (C=O) groups is 1. The Hall–Kier alpha value is -3.73. The number of thiazole rings is 1. The van der Waals surface area contributed by atoms with E-state index in [-0.39, 0.29) is 17.1 Å². The first-order valence-corrected chi connectivity index (χ1v) is 9.72. The summed E-state index contributed by atoms with van der Waals surface area (Å²) in [5.74, 6) is -0.499. The quantitative estimate of drug-likeness (QED) is 0.483. The van der Waals surface area contributed by atoms with Gasteiger partial charge in [-0.05, 0) is 30.3 Å². The Balaban J connectivity index is 1.58. The molecule has 0 fully saturated rings. The molecule has 11 heteroatoms. The number of nitrogens with one attached hydrogen (secondary N) is 1. The van der Waals surface area contributed by atoms with Crippen LogP contribution in [0.1, 0.15) is 16.1 Å². The number of halogens is 3. The minimum Gasteiger partial charge on any atom is -0.493 e. The summed E-state index contributed by atoms with van der Waals surface area (Å²) in [4.78, 5) is 21.2. The van der Waals surface area contributed by atoms with Crippen molar-refractivity contribution >= 4 is 22.4 Å². The Labute approximate surface area is 178 Å². The van der Waals surface area contributed by atoms with Crippen molar-refractivity contribution in [1.82, 2.24) is 19.7 Å². The zero-order valence-corrected chi connectivity index (χ0v) is 16.7. The molecule has 0 spiro atoms. The molecule has 0 radical (unpaired) electrons. The minimum atomic E-state index is -4.50. The van der Waals surface area contributed by atoms with Crippen LogP contribution in [0.2, 0.25) is 0 Å². The highest BCUT2D eigenvalue weighted by Crippen LogP contribution is 2.31. The lowest BCUT2D eigenvalue weighted by Gasteiger charge is -2.08. The second-order valence-electron chi connectivity index (χ2n) is 6.25. The zero-order chi connectivity index (χ0) is 22.0. The number of aromatic nitrogens is 4. The van der Waals surface area contributed by atoms with Crippen LogP contribution >= 0.6 is 11.3 Å². The number of amides is 1. The third-order valence-electron chi connectivity index (χ3n) is 4.21. The summed E-state index contributed by atoms with van der Waals surface area (Å²) >= 11 is 1.21. The van der Waals surface area contributed by atoms with E-state index >= 15 is 0 Å². The summed E-state index contributed by atoms with van der Waals surface area (Å²) in [7, 11) is 1.34. The van der Waals surface area contributed by atoms with Crippen LogP contribution in [-0.4, -0.2) is 32.8 Å². The highest BCUT2D eigenvalue weighted by atomic mass is 32.1. The van der Waals surface area contributed by atoms with Gasteiger partial charge in [-0.1, -0.05) is 12.1 Å². The smallest absolute Gasteiger partial charge is 0.416 e. The molecule has 0 aliphatic rings. The van der Waals surface area contributed by atoms with Gasteiger partial charge in [0.2, 0.25) is 0 Å². The van der Waals surface area contributed by atoms with Crippen molar-refractivity contribution in [2.75, 3.05) is 12.4 Å². The van der Waals surface area contributed by atoms with Crippen molar-refractivity contribution in [1.29, 1.82) is 0 Å². The molecule has 0 saturated heterocycles. The van der Waals surface area contributed by atoms with Crippen LogP contribution in [0, 0.1) is 0 Å². The van der Waals surface area contributed by atoms with Crippen LogP contribution in [0.25, 0.3) is 17.1 Å². The molecular formula is C20H14F3N5O2S. The van der Waals surface area contributed by atoms with Crippen molar-refractivity contribution in [3.05, 3.63) is 71.5 Å². The minimum absolute atomic E-state index is 0.0884. The fraction of sp³-hybridized carbons (Fsp3) is 0.100. The van der Waals surface area contributed by atoms with Gasteiger partial charge in [-0.15, -0.1) is 11.3 Å². The van der Waals surface area contributed by atoms with E-state index in [1.165, 1.54) is 36.8 Å². The molecule has 3 aromatic heterocycles. The van der Waals surface area contributed by atoms with E-state index in [2.05, 4.69) is 20.4 Å². The molecule has 1 aromatic carbocycles. The van der Waals surface area contributed by atoms with E-state index in [9.17, 15) is 18.0 Å². The number of hydrogen-bond acceptors (Lipinski definition) is 6. The Kier molecular flexibility index (Phi) is 5.42. The number of carbonyl (C=O) groups excluding carboxylic acids is 1. The van der Waals surface area contributed by atoms with Crippen LogP contribution in [0.3, 0.4) is 0 Å². The highest BCUT2D eigenvalue weighted by molar-refractivity contribution is 7.14. The topological polar surface area (TPSA) is 81.9 Å². The number of pyridine rings is 1. The van der Waals surface area contributed by atoms with Crippen LogP contribution in [0.4, 0.5) is 18.3 Å². The van der Waals surface area contributed by atoms with Gasteiger partial charge in [-0.25, -0.2) is 9.67 Å². The molecule has 0 aliphatic heterocycles. The summed E-state index contributed by atoms with van der Waals surface area (Å²) in [6.07, 6.45) is -1.52. The number of rotatable bonds is 5. The van der Waals surface area contributed by atoms with Crippen LogP contribution in [0.5, 0.6) is 5.75 Å². The van der Waals surface area contributed by atoms with Crippen LogP contribution < -0.4 is 10.1 Å². The lowest BCUT2D eigenvalue weighted by Crippen LogP contribution is -2.14. The van der Waals surface area contributed by atoms with Gasteiger partial charge in [0.1, 0.15) is 5.69 Å². The van der Waals surface area contributed by atoms with Crippen molar-refractivity contribution in [2.24, 2.45) is 0 Å². The SMILES string of the molecule is COc1cn(-c2cccc(C(F)(F)F)c2)nc1C(=O)Nc1nc(-c2ccccn2)cs1. The zero-order valence-electron chi connectivity index (χ0n) is 15.9. The van der Waals surface area contributed by atoms with Crippen LogP contribution in [0.15, 0.2) is 60.2 Å². The monoisotopic (exact) mass is 445 g/mol. The first-order valence-electron chi connectivity index (χ1n) is 8.85. The highest BCUT2D eigenvalue weighted by Gasteiger charge is 2.31. The van der Waals surface area contributed by atoms with E-state index in [4.69, 9.17) is 4.74 Å². The number of nitrogens with zero attached hydrogens (tertiary/aromatic N) is 4. The number of anilines is 1. The Morgan fingerprint density at radius 1 is 1.16 bits per heavy atom. The Morgan fingerprint density at radius 3 is 2.71 bits per heavy atom. The van der Waals surface area contributed by atoms with Gasteiger partial charge < -0.3 is 4.74 Å². The molecule has 0 bridgehead atoms. The molecule has 158 valence electrons. The summed E-state index contributed by atoms with van der Waals surface area (Å²) < 4.78 is 45.3. The van der Waals surface area contributed by atoms with Gasteiger partial charge in [-0.2, -0.15) is 18.3 Å². The predicted molar refractivity (Wildman–Crippen MR) is 108 cm³/mol. The fourth-order valence-electron chi connectivity index (χ4n) is 2.74. The maximum absolute atomic E-state index is 13.0. The van der Waals surface area contributed by atoms with Gasteiger partial charge in [-0.3, -0.25) is 15.1 Å². The van der Waals surface area contributed by atoms with E-state index in [1.54, 1.807) is 23.7 Å². The number of benzene rings is 1. The molecule has 31 heavy (non-hydrogen) atoms. The van der Waals surface area contributed by atoms with Crippen LogP contribution in [-0.2, 0) is 6.18 Å². The van der Waals surface area contributed by atoms with E-state index in [0.717, 1.165) is 16.8 Å². The lowest BCUT2D eigenvalue weighted by molar-refractivity contribution is -0.137. The summed E-state index contributed by atoms with van der Waals surface area (Å²) in [5, 5.41) is 8.81. The first kappa shape index (κ1) is 20.5. The number of ether oxygens (including phenoxy) is 1. The molecule has 0 unspecified atom stereocenters. The number of hydrogen-bond donors (Lipinski definition) is 1. The molecule has 4 aromatic rings. The molecule has 0 atom stereocenters. The van der Waals surface area contributed by atoms with Crippen molar-refractivity contribution in [3.63, 3.8) is 0 Å². The van der Waals surface area contributed by atoms with Gasteiger partial charge in [0.25, 0.3) is 5.91 Å². The normalized spacial score (nSPS) is 11.4. The van der Waals surface area contributed by atoms with Crippen molar-refractivity contribution in [3.8, 4) is 22.8 Å². The van der Waals surface area contributed by atoms with Crippen molar-refractivity contribution < 1.29 is 22.7 Å². The first-order chi connectivity index (χ1) is 14.8. The third kappa shape index (κ3) is 4.40. The molecule has 7 nitrogen and oxygen atoms in total.